The second kappa shape index (κ2) is 17.2. The molecule has 65 heavy (non-hydrogen) atoms. The highest BCUT2D eigenvalue weighted by Gasteiger charge is 2.21. The van der Waals surface area contributed by atoms with Crippen LogP contribution in [0.5, 0.6) is 0 Å². The minimum absolute atomic E-state index is 1.04. The van der Waals surface area contributed by atoms with Crippen LogP contribution in [0.4, 0.5) is 34.1 Å². The van der Waals surface area contributed by atoms with Crippen molar-refractivity contribution >= 4 is 83.4 Å². The van der Waals surface area contributed by atoms with Gasteiger partial charge in [0.15, 0.2) is 0 Å². The first kappa shape index (κ1) is 39.7. The standard InChI is InChI=1S/C61H45N3S/c1-3-4-24-55-43(2)65-61-38-37-52(42-58(55)61)63(50-33-29-45(30-34-50)44-18-8-5-9-19-44)54-40-47(39-53(41-54)62(48-20-10-6-11-21-48)49-22-12-7-13-23-49)46-31-35-51(36-32-46)64-59-27-16-14-25-56(59)57-26-15-17-28-60(57)64/h3-42H,1H2,2H3/b24-4-. The summed E-state index contributed by atoms with van der Waals surface area (Å²) in [5.41, 5.74) is 15.7. The summed E-state index contributed by atoms with van der Waals surface area (Å²) in [5, 5.41) is 3.73. The number of allylic oxidation sites excluding steroid dienone is 2. The molecular formula is C61H45N3S. The molecule has 2 aromatic heterocycles. The molecule has 0 aliphatic rings. The molecule has 0 unspecified atom stereocenters. The Morgan fingerprint density at radius 3 is 1.49 bits per heavy atom. The molecule has 0 radical (unpaired) electrons. The van der Waals surface area contributed by atoms with Gasteiger partial charge in [-0.25, -0.2) is 0 Å². The van der Waals surface area contributed by atoms with E-state index in [1.807, 2.05) is 23.5 Å². The van der Waals surface area contributed by atoms with E-state index >= 15 is 0 Å². The Morgan fingerprint density at radius 1 is 0.415 bits per heavy atom. The highest BCUT2D eigenvalue weighted by molar-refractivity contribution is 7.19. The lowest BCUT2D eigenvalue weighted by Gasteiger charge is -2.30. The molecule has 9 aromatic carbocycles. The van der Waals surface area contributed by atoms with E-state index in [0.717, 1.165) is 50.9 Å². The number of nitrogens with zero attached hydrogens (tertiary/aromatic N) is 3. The molecular weight excluding hydrogens is 807 g/mol. The maximum atomic E-state index is 3.97. The van der Waals surface area contributed by atoms with Gasteiger partial charge >= 0.3 is 0 Å². The molecule has 310 valence electrons. The normalized spacial score (nSPS) is 11.5. The number of rotatable bonds is 11. The first-order chi connectivity index (χ1) is 32.1. The molecule has 0 fully saturated rings. The van der Waals surface area contributed by atoms with Gasteiger partial charge in [-0.2, -0.15) is 0 Å². The summed E-state index contributed by atoms with van der Waals surface area (Å²) in [5.74, 6) is 0. The summed E-state index contributed by atoms with van der Waals surface area (Å²) >= 11 is 1.83. The number of benzene rings is 9. The van der Waals surface area contributed by atoms with Crippen LogP contribution in [-0.2, 0) is 0 Å². The molecule has 0 saturated carbocycles. The molecule has 4 heteroatoms. The Kier molecular flexibility index (Phi) is 10.5. The minimum atomic E-state index is 1.04. The van der Waals surface area contributed by atoms with Crippen molar-refractivity contribution in [2.45, 2.75) is 6.92 Å². The van der Waals surface area contributed by atoms with Crippen molar-refractivity contribution in [2.75, 3.05) is 9.80 Å². The third-order valence-electron chi connectivity index (χ3n) is 12.3. The lowest BCUT2D eigenvalue weighted by molar-refractivity contribution is 1.18. The van der Waals surface area contributed by atoms with E-state index in [1.165, 1.54) is 53.5 Å². The Bertz CT molecular complexity index is 3400. The Hall–Kier alpha value is -8.18. The Labute approximate surface area is 384 Å². The van der Waals surface area contributed by atoms with Gasteiger partial charge in [0.25, 0.3) is 0 Å². The highest BCUT2D eigenvalue weighted by atomic mass is 32.1. The predicted octanol–water partition coefficient (Wildman–Crippen LogP) is 17.8. The van der Waals surface area contributed by atoms with Crippen LogP contribution in [0.25, 0.3) is 65.9 Å². The molecule has 0 amide bonds. The van der Waals surface area contributed by atoms with Crippen LogP contribution in [0.2, 0.25) is 0 Å². The molecule has 0 saturated heterocycles. The average molecular weight is 852 g/mol. The molecule has 0 bridgehead atoms. The van der Waals surface area contributed by atoms with Gasteiger partial charge in [0.05, 0.1) is 11.0 Å². The van der Waals surface area contributed by atoms with Gasteiger partial charge in [0.1, 0.15) is 0 Å². The third-order valence-corrected chi connectivity index (χ3v) is 13.4. The third kappa shape index (κ3) is 7.50. The second-order valence-corrected chi connectivity index (χ2v) is 17.5. The van der Waals surface area contributed by atoms with Crippen molar-refractivity contribution in [3.63, 3.8) is 0 Å². The summed E-state index contributed by atoms with van der Waals surface area (Å²) in [6.45, 7) is 6.17. The largest absolute Gasteiger partial charge is 0.310 e. The first-order valence-corrected chi connectivity index (χ1v) is 22.9. The molecule has 3 nitrogen and oxygen atoms in total. The van der Waals surface area contributed by atoms with Gasteiger partial charge in [-0.15, -0.1) is 11.3 Å². The monoisotopic (exact) mass is 851 g/mol. The van der Waals surface area contributed by atoms with E-state index in [9.17, 15) is 0 Å². The first-order valence-electron chi connectivity index (χ1n) is 22.0. The number of hydrogen-bond acceptors (Lipinski definition) is 3. The number of thiophene rings is 1. The van der Waals surface area contributed by atoms with Gasteiger partial charge in [-0.3, -0.25) is 0 Å². The van der Waals surface area contributed by atoms with E-state index in [-0.39, 0.29) is 0 Å². The summed E-state index contributed by atoms with van der Waals surface area (Å²) in [6, 6.07) is 81.3. The predicted molar refractivity (Wildman–Crippen MR) is 280 cm³/mol. The van der Waals surface area contributed by atoms with Crippen LogP contribution in [0.15, 0.2) is 243 Å². The fourth-order valence-electron chi connectivity index (χ4n) is 9.24. The number of fused-ring (bicyclic) bond motifs is 4. The molecule has 0 spiro atoms. The summed E-state index contributed by atoms with van der Waals surface area (Å²) in [6.07, 6.45) is 6.07. The molecule has 11 rings (SSSR count). The summed E-state index contributed by atoms with van der Waals surface area (Å²) < 4.78 is 3.64. The fraction of sp³-hybridized carbons (Fsp3) is 0.0164. The Morgan fingerprint density at radius 2 is 0.892 bits per heavy atom. The second-order valence-electron chi connectivity index (χ2n) is 16.3. The topological polar surface area (TPSA) is 11.4 Å². The van der Waals surface area contributed by atoms with Gasteiger partial charge < -0.3 is 14.4 Å². The number of anilines is 6. The number of hydrogen-bond donors (Lipinski definition) is 0. The molecule has 2 heterocycles. The van der Waals surface area contributed by atoms with E-state index < -0.39 is 0 Å². The SMILES string of the molecule is C=C/C=C\c1c(C)sc2ccc(N(c3ccc(-c4ccccc4)cc3)c3cc(-c4ccc(-n5c6ccccc6c6ccccc65)cc4)cc(N(c4ccccc4)c4ccccc4)c3)cc12. The number of para-hydroxylation sites is 4. The quantitative estimate of drug-likeness (QED) is 0.120. The molecule has 11 aromatic rings. The lowest BCUT2D eigenvalue weighted by Crippen LogP contribution is -2.13. The van der Waals surface area contributed by atoms with Crippen LogP contribution in [0.3, 0.4) is 0 Å². The van der Waals surface area contributed by atoms with Crippen molar-refractivity contribution < 1.29 is 0 Å². The van der Waals surface area contributed by atoms with Crippen LogP contribution in [-0.4, -0.2) is 4.57 Å². The summed E-state index contributed by atoms with van der Waals surface area (Å²) in [4.78, 5) is 6.05. The summed E-state index contributed by atoms with van der Waals surface area (Å²) in [7, 11) is 0. The lowest BCUT2D eigenvalue weighted by atomic mass is 10.0. The van der Waals surface area contributed by atoms with E-state index in [2.05, 4.69) is 258 Å². The molecule has 0 aliphatic heterocycles. The van der Waals surface area contributed by atoms with Crippen molar-refractivity contribution in [1.82, 2.24) is 4.57 Å². The van der Waals surface area contributed by atoms with Crippen molar-refractivity contribution in [2.24, 2.45) is 0 Å². The van der Waals surface area contributed by atoms with Crippen LogP contribution < -0.4 is 9.80 Å². The van der Waals surface area contributed by atoms with Gasteiger partial charge in [0, 0.05) is 65.5 Å². The van der Waals surface area contributed by atoms with Gasteiger partial charge in [-0.05, 0) is 132 Å². The molecule has 0 N–H and O–H groups in total. The van der Waals surface area contributed by atoms with E-state index in [4.69, 9.17) is 0 Å². The van der Waals surface area contributed by atoms with Crippen molar-refractivity contribution in [3.05, 3.63) is 254 Å². The number of aromatic nitrogens is 1. The fourth-order valence-corrected chi connectivity index (χ4v) is 10.3. The molecule has 0 atom stereocenters. The number of aryl methyl sites for hydroxylation is 1. The average Bonchev–Trinajstić information content (AvgIpc) is 3.87. The van der Waals surface area contributed by atoms with E-state index in [0.29, 0.717) is 0 Å². The maximum Gasteiger partial charge on any atom is 0.0541 e. The Balaban J connectivity index is 1.13. The minimum Gasteiger partial charge on any atom is -0.310 e. The van der Waals surface area contributed by atoms with Gasteiger partial charge in [0.2, 0.25) is 0 Å². The van der Waals surface area contributed by atoms with E-state index in [1.54, 1.807) is 0 Å². The van der Waals surface area contributed by atoms with Crippen LogP contribution >= 0.6 is 11.3 Å². The van der Waals surface area contributed by atoms with Crippen molar-refractivity contribution in [3.8, 4) is 27.9 Å². The zero-order valence-corrected chi connectivity index (χ0v) is 36.9. The van der Waals surface area contributed by atoms with Crippen LogP contribution in [0.1, 0.15) is 10.4 Å². The molecule has 0 aliphatic carbocycles. The van der Waals surface area contributed by atoms with Crippen molar-refractivity contribution in [1.29, 1.82) is 0 Å². The highest BCUT2D eigenvalue weighted by Crippen LogP contribution is 2.45. The van der Waals surface area contributed by atoms with Crippen LogP contribution in [0, 0.1) is 6.92 Å². The maximum absolute atomic E-state index is 3.97. The van der Waals surface area contributed by atoms with Gasteiger partial charge in [-0.1, -0.05) is 152 Å². The smallest absolute Gasteiger partial charge is 0.0541 e. The zero-order valence-electron chi connectivity index (χ0n) is 36.1. The zero-order chi connectivity index (χ0) is 43.7.